The molecule has 0 aliphatic carbocycles. The highest BCUT2D eigenvalue weighted by atomic mass is 19.1. The monoisotopic (exact) mass is 644 g/mol. The van der Waals surface area contributed by atoms with Crippen molar-refractivity contribution in [3.05, 3.63) is 77.1 Å². The third-order valence-electron chi connectivity index (χ3n) is 8.43. The van der Waals surface area contributed by atoms with Gasteiger partial charge in [-0.15, -0.1) is 0 Å². The molecule has 1 N–H and O–H groups in total. The fourth-order valence-electron chi connectivity index (χ4n) is 6.26. The van der Waals surface area contributed by atoms with Gasteiger partial charge in [0.25, 0.3) is 0 Å². The SMILES string of the molecule is COc1cc(OC(=O)C2CCN(C(=O)OC(C)(C)C)CC2)ccc1-c1ccc2c(c1COc1cc(F)ccc1C)C(C)=CC(C)(C)N2. The average Bonchev–Trinajstić information content (AvgIpc) is 3.00. The summed E-state index contributed by atoms with van der Waals surface area (Å²) in [6.45, 7) is 14.7. The van der Waals surface area contributed by atoms with Crippen LogP contribution < -0.4 is 19.5 Å². The first-order chi connectivity index (χ1) is 22.1. The van der Waals surface area contributed by atoms with Gasteiger partial charge in [-0.1, -0.05) is 18.2 Å². The molecule has 2 aliphatic rings. The number of anilines is 1. The highest BCUT2D eigenvalue weighted by molar-refractivity contribution is 5.88. The number of esters is 1. The van der Waals surface area contributed by atoms with Crippen LogP contribution in [0.15, 0.2) is 54.6 Å². The molecule has 2 heterocycles. The molecular weight excluding hydrogens is 599 g/mol. The second kappa shape index (κ2) is 13.3. The van der Waals surface area contributed by atoms with Crippen molar-refractivity contribution in [2.24, 2.45) is 5.92 Å². The van der Waals surface area contributed by atoms with Crippen molar-refractivity contribution in [1.29, 1.82) is 0 Å². The number of ether oxygens (including phenoxy) is 4. The van der Waals surface area contributed by atoms with E-state index < -0.39 is 5.60 Å². The lowest BCUT2D eigenvalue weighted by Crippen LogP contribution is -2.43. The highest BCUT2D eigenvalue weighted by Crippen LogP contribution is 2.43. The number of methoxy groups -OCH3 is 1. The van der Waals surface area contributed by atoms with Crippen molar-refractivity contribution >= 4 is 23.3 Å². The van der Waals surface area contributed by atoms with Crippen LogP contribution in [0, 0.1) is 18.7 Å². The van der Waals surface area contributed by atoms with Crippen LogP contribution in [0.4, 0.5) is 14.9 Å². The number of carbonyl (C=O) groups excluding carboxylic acids is 2. The van der Waals surface area contributed by atoms with Crippen LogP contribution >= 0.6 is 0 Å². The maximum atomic E-state index is 14.1. The van der Waals surface area contributed by atoms with Gasteiger partial charge in [-0.25, -0.2) is 9.18 Å². The Hall–Kier alpha value is -4.53. The van der Waals surface area contributed by atoms with Gasteiger partial charge in [0.2, 0.25) is 0 Å². The molecule has 0 atom stereocenters. The molecule has 5 rings (SSSR count). The topological polar surface area (TPSA) is 86.3 Å². The van der Waals surface area contributed by atoms with E-state index in [1.165, 1.54) is 12.1 Å². The Morgan fingerprint density at radius 3 is 2.36 bits per heavy atom. The molecule has 1 saturated heterocycles. The average molecular weight is 645 g/mol. The van der Waals surface area contributed by atoms with Gasteiger partial charge in [0.05, 0.1) is 18.6 Å². The molecule has 0 spiro atoms. The van der Waals surface area contributed by atoms with Crippen molar-refractivity contribution in [1.82, 2.24) is 4.90 Å². The number of nitrogens with one attached hydrogen (secondary N) is 1. The molecule has 2 aliphatic heterocycles. The summed E-state index contributed by atoms with van der Waals surface area (Å²) in [6, 6.07) is 14.0. The number of amides is 1. The van der Waals surface area contributed by atoms with Gasteiger partial charge in [-0.3, -0.25) is 4.79 Å². The molecule has 250 valence electrons. The Balaban J connectivity index is 1.40. The fraction of sp³-hybridized carbons (Fsp3) is 0.421. The van der Waals surface area contributed by atoms with E-state index in [1.54, 1.807) is 30.2 Å². The van der Waals surface area contributed by atoms with Gasteiger partial charge in [-0.2, -0.15) is 0 Å². The van der Waals surface area contributed by atoms with Crippen LogP contribution in [-0.4, -0.2) is 48.3 Å². The first-order valence-corrected chi connectivity index (χ1v) is 16.0. The first kappa shape index (κ1) is 33.8. The van der Waals surface area contributed by atoms with Crippen molar-refractivity contribution in [3.63, 3.8) is 0 Å². The number of rotatable bonds is 7. The van der Waals surface area contributed by atoms with Crippen molar-refractivity contribution in [2.45, 2.75) is 79.1 Å². The molecular formula is C38H45FN2O6. The fourth-order valence-corrected chi connectivity index (χ4v) is 6.26. The van der Waals surface area contributed by atoms with Gasteiger partial charge < -0.3 is 29.2 Å². The predicted octanol–water partition coefficient (Wildman–Crippen LogP) is 8.55. The first-order valence-electron chi connectivity index (χ1n) is 16.0. The summed E-state index contributed by atoms with van der Waals surface area (Å²) in [4.78, 5) is 27.2. The summed E-state index contributed by atoms with van der Waals surface area (Å²) in [5, 5.41) is 3.60. The number of aryl methyl sites for hydroxylation is 1. The molecule has 47 heavy (non-hydrogen) atoms. The Morgan fingerprint density at radius 1 is 0.979 bits per heavy atom. The Labute approximate surface area is 276 Å². The van der Waals surface area contributed by atoms with E-state index in [4.69, 9.17) is 18.9 Å². The highest BCUT2D eigenvalue weighted by Gasteiger charge is 2.32. The number of nitrogens with zero attached hydrogens (tertiary/aromatic N) is 1. The number of fused-ring (bicyclic) bond motifs is 1. The molecule has 3 aromatic carbocycles. The van der Waals surface area contributed by atoms with E-state index in [0.29, 0.717) is 43.2 Å². The smallest absolute Gasteiger partial charge is 0.410 e. The normalized spacial score (nSPS) is 16.0. The zero-order valence-corrected chi connectivity index (χ0v) is 28.6. The zero-order chi connectivity index (χ0) is 34.1. The molecule has 0 bridgehead atoms. The summed E-state index contributed by atoms with van der Waals surface area (Å²) in [5.74, 6) is 0.346. The van der Waals surface area contributed by atoms with Crippen molar-refractivity contribution < 1.29 is 32.9 Å². The number of likely N-dealkylation sites (tertiary alicyclic amines) is 1. The van der Waals surface area contributed by atoms with Gasteiger partial charge in [0, 0.05) is 47.6 Å². The van der Waals surface area contributed by atoms with Gasteiger partial charge in [0.15, 0.2) is 0 Å². The Bertz CT molecular complexity index is 1700. The Kier molecular flexibility index (Phi) is 9.57. The number of carbonyl (C=O) groups is 2. The Morgan fingerprint density at radius 2 is 1.68 bits per heavy atom. The number of hydrogen-bond acceptors (Lipinski definition) is 7. The second-order valence-electron chi connectivity index (χ2n) is 13.9. The molecule has 0 aromatic heterocycles. The summed E-state index contributed by atoms with van der Waals surface area (Å²) >= 11 is 0. The molecule has 1 amide bonds. The minimum atomic E-state index is -0.575. The van der Waals surface area contributed by atoms with E-state index in [1.807, 2.05) is 39.8 Å². The van der Waals surface area contributed by atoms with Crippen molar-refractivity contribution in [3.8, 4) is 28.4 Å². The van der Waals surface area contributed by atoms with Crippen LogP contribution in [0.5, 0.6) is 17.2 Å². The lowest BCUT2D eigenvalue weighted by Gasteiger charge is -2.33. The maximum Gasteiger partial charge on any atom is 0.410 e. The van der Waals surface area contributed by atoms with E-state index in [2.05, 4.69) is 38.2 Å². The number of hydrogen-bond donors (Lipinski definition) is 1. The predicted molar refractivity (Wildman–Crippen MR) is 181 cm³/mol. The summed E-state index contributed by atoms with van der Waals surface area (Å²) in [5.41, 5.74) is 5.74. The quantitative estimate of drug-likeness (QED) is 0.204. The molecule has 0 saturated carbocycles. The summed E-state index contributed by atoms with van der Waals surface area (Å²) in [7, 11) is 1.58. The van der Waals surface area contributed by atoms with E-state index in [0.717, 1.165) is 39.1 Å². The van der Waals surface area contributed by atoms with Crippen LogP contribution in [0.25, 0.3) is 16.7 Å². The minimum absolute atomic E-state index is 0.192. The molecule has 3 aromatic rings. The van der Waals surface area contributed by atoms with E-state index in [-0.39, 0.29) is 35.9 Å². The number of benzene rings is 3. The van der Waals surface area contributed by atoms with Crippen LogP contribution in [0.3, 0.4) is 0 Å². The lowest BCUT2D eigenvalue weighted by atomic mass is 9.85. The van der Waals surface area contributed by atoms with Crippen molar-refractivity contribution in [2.75, 3.05) is 25.5 Å². The van der Waals surface area contributed by atoms with Crippen LogP contribution in [0.2, 0.25) is 0 Å². The molecule has 9 heteroatoms. The number of halogens is 1. The van der Waals surface area contributed by atoms with Gasteiger partial charge >= 0.3 is 12.1 Å². The lowest BCUT2D eigenvalue weighted by molar-refractivity contribution is -0.140. The largest absolute Gasteiger partial charge is 0.496 e. The van der Waals surface area contributed by atoms with E-state index >= 15 is 0 Å². The van der Waals surface area contributed by atoms with Crippen LogP contribution in [-0.2, 0) is 16.1 Å². The number of piperidine rings is 1. The number of allylic oxidation sites excluding steroid dienone is 1. The van der Waals surface area contributed by atoms with Gasteiger partial charge in [0.1, 0.15) is 35.3 Å². The second-order valence-corrected chi connectivity index (χ2v) is 13.9. The standard InChI is InChI=1S/C38H45FN2O6/c1-23-9-10-26(39)19-32(23)45-22-30-28(13-14-31-34(30)24(2)21-38(6,7)40-31)29-12-11-27(20-33(29)44-8)46-35(42)25-15-17-41(18-16-25)36(43)47-37(3,4)5/h9-14,19-21,25,40H,15-18,22H2,1-8H3. The molecule has 0 radical (unpaired) electrons. The summed E-state index contributed by atoms with van der Waals surface area (Å²) < 4.78 is 37.5. The third-order valence-corrected chi connectivity index (χ3v) is 8.43. The zero-order valence-electron chi connectivity index (χ0n) is 28.6. The maximum absolute atomic E-state index is 14.1. The third kappa shape index (κ3) is 7.89. The minimum Gasteiger partial charge on any atom is -0.496 e. The molecule has 1 fully saturated rings. The van der Waals surface area contributed by atoms with Gasteiger partial charge in [-0.05, 0) is 102 Å². The molecule has 8 nitrogen and oxygen atoms in total. The summed E-state index contributed by atoms with van der Waals surface area (Å²) in [6.07, 6.45) is 2.81. The van der Waals surface area contributed by atoms with E-state index in [9.17, 15) is 14.0 Å². The molecule has 0 unspecified atom stereocenters. The van der Waals surface area contributed by atoms with Crippen LogP contribution in [0.1, 0.15) is 71.1 Å².